The summed E-state index contributed by atoms with van der Waals surface area (Å²) in [4.78, 5) is 20.8. The predicted octanol–water partition coefficient (Wildman–Crippen LogP) is 1.91. The standard InChI is InChI=1S/C21H26N6O/c28-21-17-13-23-25-19(17)24-20(27(21)14-16-4-2-1-3-5-16)18(12-15-6-7-15)26-10-8-22-9-11-26/h1-5,13,15,18,22H,6-12,14H2,(H,23,25). The summed E-state index contributed by atoms with van der Waals surface area (Å²) in [5.41, 5.74) is 1.70. The van der Waals surface area contributed by atoms with Crippen LogP contribution in [0.15, 0.2) is 41.3 Å². The van der Waals surface area contributed by atoms with E-state index in [1.54, 1.807) is 6.20 Å². The average Bonchev–Trinajstić information content (AvgIpc) is 3.44. The molecule has 1 aromatic carbocycles. The first kappa shape index (κ1) is 17.6. The van der Waals surface area contributed by atoms with Crippen molar-refractivity contribution in [3.63, 3.8) is 0 Å². The number of rotatable bonds is 6. The number of aromatic amines is 1. The van der Waals surface area contributed by atoms with Crippen LogP contribution in [0.2, 0.25) is 0 Å². The van der Waals surface area contributed by atoms with E-state index in [0.717, 1.165) is 49.9 Å². The molecule has 2 N–H and O–H groups in total. The van der Waals surface area contributed by atoms with Crippen molar-refractivity contribution in [3.8, 4) is 0 Å². The summed E-state index contributed by atoms with van der Waals surface area (Å²) in [6.45, 7) is 4.47. The number of H-pyrrole nitrogens is 1. The highest BCUT2D eigenvalue weighted by atomic mass is 16.1. The van der Waals surface area contributed by atoms with Crippen molar-refractivity contribution in [1.82, 2.24) is 30.0 Å². The largest absolute Gasteiger partial charge is 0.314 e. The molecule has 2 aromatic heterocycles. The number of piperazine rings is 1. The molecule has 7 heteroatoms. The van der Waals surface area contributed by atoms with Gasteiger partial charge in [-0.1, -0.05) is 43.2 Å². The third kappa shape index (κ3) is 3.47. The molecule has 3 heterocycles. The van der Waals surface area contributed by atoms with Gasteiger partial charge in [0.05, 0.1) is 18.8 Å². The maximum absolute atomic E-state index is 13.3. The molecule has 3 aromatic rings. The average molecular weight is 378 g/mol. The summed E-state index contributed by atoms with van der Waals surface area (Å²) in [5.74, 6) is 1.62. The Morgan fingerprint density at radius 2 is 1.93 bits per heavy atom. The van der Waals surface area contributed by atoms with Crippen LogP contribution in [0.1, 0.15) is 36.7 Å². The van der Waals surface area contributed by atoms with Crippen LogP contribution < -0.4 is 10.9 Å². The first-order valence-corrected chi connectivity index (χ1v) is 10.2. The lowest BCUT2D eigenvalue weighted by atomic mass is 10.1. The van der Waals surface area contributed by atoms with Gasteiger partial charge in [0, 0.05) is 26.2 Å². The number of fused-ring (bicyclic) bond motifs is 1. The van der Waals surface area contributed by atoms with Crippen LogP contribution in [0.25, 0.3) is 11.0 Å². The van der Waals surface area contributed by atoms with Crippen LogP contribution in [0.3, 0.4) is 0 Å². The molecule has 1 saturated heterocycles. The van der Waals surface area contributed by atoms with Crippen molar-refractivity contribution in [1.29, 1.82) is 0 Å². The topological polar surface area (TPSA) is 78.8 Å². The summed E-state index contributed by atoms with van der Waals surface area (Å²) < 4.78 is 1.88. The molecule has 1 aliphatic carbocycles. The Bertz CT molecular complexity index is 1000. The molecule has 0 spiro atoms. The van der Waals surface area contributed by atoms with E-state index >= 15 is 0 Å². The zero-order valence-electron chi connectivity index (χ0n) is 16.0. The van der Waals surface area contributed by atoms with E-state index in [9.17, 15) is 4.79 Å². The molecule has 2 fully saturated rings. The molecule has 2 aliphatic rings. The van der Waals surface area contributed by atoms with E-state index in [4.69, 9.17) is 4.98 Å². The van der Waals surface area contributed by atoms with Gasteiger partial charge >= 0.3 is 0 Å². The molecular formula is C21H26N6O. The molecule has 146 valence electrons. The molecule has 0 radical (unpaired) electrons. The van der Waals surface area contributed by atoms with Crippen LogP contribution in [-0.4, -0.2) is 50.8 Å². The molecule has 1 saturated carbocycles. The van der Waals surface area contributed by atoms with Crippen molar-refractivity contribution >= 4 is 11.0 Å². The highest BCUT2D eigenvalue weighted by Gasteiger charge is 2.33. The Labute approximate surface area is 163 Å². The Kier molecular flexibility index (Phi) is 4.70. The fourth-order valence-electron chi connectivity index (χ4n) is 4.20. The maximum atomic E-state index is 13.3. The number of hydrogen-bond acceptors (Lipinski definition) is 5. The van der Waals surface area contributed by atoms with E-state index in [1.165, 1.54) is 12.8 Å². The van der Waals surface area contributed by atoms with E-state index < -0.39 is 0 Å². The number of aromatic nitrogens is 4. The summed E-state index contributed by atoms with van der Waals surface area (Å²) in [6.07, 6.45) is 5.24. The van der Waals surface area contributed by atoms with Crippen LogP contribution in [0.4, 0.5) is 0 Å². The molecule has 1 unspecified atom stereocenters. The van der Waals surface area contributed by atoms with Gasteiger partial charge in [-0.25, -0.2) is 4.98 Å². The fraction of sp³-hybridized carbons (Fsp3) is 0.476. The number of nitrogens with one attached hydrogen (secondary N) is 2. The van der Waals surface area contributed by atoms with E-state index in [2.05, 4.69) is 32.5 Å². The Balaban J connectivity index is 1.62. The molecule has 0 bridgehead atoms. The smallest absolute Gasteiger partial charge is 0.265 e. The summed E-state index contributed by atoms with van der Waals surface area (Å²) in [5, 5.41) is 11.0. The molecule has 5 rings (SSSR count). The zero-order valence-corrected chi connectivity index (χ0v) is 16.0. The van der Waals surface area contributed by atoms with Gasteiger partial charge in [0.25, 0.3) is 5.56 Å². The van der Waals surface area contributed by atoms with Crippen molar-refractivity contribution in [2.75, 3.05) is 26.2 Å². The lowest BCUT2D eigenvalue weighted by molar-refractivity contribution is 0.150. The van der Waals surface area contributed by atoms with Gasteiger partial charge in [0.2, 0.25) is 0 Å². The van der Waals surface area contributed by atoms with Crippen LogP contribution in [-0.2, 0) is 6.54 Å². The monoisotopic (exact) mass is 378 g/mol. The third-order valence-electron chi connectivity index (χ3n) is 5.93. The Morgan fingerprint density at radius 3 is 2.68 bits per heavy atom. The molecule has 1 atom stereocenters. The van der Waals surface area contributed by atoms with Gasteiger partial charge in [-0.05, 0) is 17.9 Å². The van der Waals surface area contributed by atoms with Gasteiger partial charge < -0.3 is 5.32 Å². The molecular weight excluding hydrogens is 352 g/mol. The fourth-order valence-corrected chi connectivity index (χ4v) is 4.20. The highest BCUT2D eigenvalue weighted by Crippen LogP contribution is 2.39. The lowest BCUT2D eigenvalue weighted by Crippen LogP contribution is -2.46. The summed E-state index contributed by atoms with van der Waals surface area (Å²) in [6, 6.07) is 10.3. The SMILES string of the molecule is O=c1c2cn[nH]c2nc(C(CC2CC2)N2CCNCC2)n1Cc1ccccc1. The minimum Gasteiger partial charge on any atom is -0.314 e. The summed E-state index contributed by atoms with van der Waals surface area (Å²) >= 11 is 0. The first-order chi connectivity index (χ1) is 13.8. The lowest BCUT2D eigenvalue weighted by Gasteiger charge is -2.35. The van der Waals surface area contributed by atoms with Gasteiger partial charge in [0.1, 0.15) is 11.2 Å². The van der Waals surface area contributed by atoms with E-state index in [1.807, 2.05) is 22.8 Å². The molecule has 7 nitrogen and oxygen atoms in total. The number of benzene rings is 1. The quantitative estimate of drug-likeness (QED) is 0.685. The Hall–Kier alpha value is -2.51. The van der Waals surface area contributed by atoms with Crippen LogP contribution in [0, 0.1) is 5.92 Å². The van der Waals surface area contributed by atoms with Crippen molar-refractivity contribution < 1.29 is 0 Å². The van der Waals surface area contributed by atoms with Gasteiger partial charge in [0.15, 0.2) is 5.65 Å². The van der Waals surface area contributed by atoms with Crippen molar-refractivity contribution in [2.45, 2.75) is 31.8 Å². The van der Waals surface area contributed by atoms with Crippen LogP contribution >= 0.6 is 0 Å². The predicted molar refractivity (Wildman–Crippen MR) is 108 cm³/mol. The number of hydrogen-bond donors (Lipinski definition) is 2. The van der Waals surface area contributed by atoms with Crippen molar-refractivity contribution in [2.24, 2.45) is 5.92 Å². The summed E-state index contributed by atoms with van der Waals surface area (Å²) in [7, 11) is 0. The van der Waals surface area contributed by atoms with Gasteiger partial charge in [-0.2, -0.15) is 5.10 Å². The second kappa shape index (κ2) is 7.48. The normalized spacial score (nSPS) is 19.1. The van der Waals surface area contributed by atoms with E-state index in [-0.39, 0.29) is 11.6 Å². The molecule has 28 heavy (non-hydrogen) atoms. The minimum absolute atomic E-state index is 0.00599. The Morgan fingerprint density at radius 1 is 1.14 bits per heavy atom. The third-order valence-corrected chi connectivity index (χ3v) is 5.93. The minimum atomic E-state index is -0.00599. The van der Waals surface area contributed by atoms with Gasteiger partial charge in [-0.15, -0.1) is 0 Å². The van der Waals surface area contributed by atoms with Crippen molar-refractivity contribution in [3.05, 3.63) is 58.3 Å². The molecule has 0 amide bonds. The van der Waals surface area contributed by atoms with Gasteiger partial charge in [-0.3, -0.25) is 19.4 Å². The van der Waals surface area contributed by atoms with E-state index in [0.29, 0.717) is 17.6 Å². The maximum Gasteiger partial charge on any atom is 0.265 e. The first-order valence-electron chi connectivity index (χ1n) is 10.2. The second-order valence-corrected chi connectivity index (χ2v) is 7.96. The number of nitrogens with zero attached hydrogens (tertiary/aromatic N) is 4. The van der Waals surface area contributed by atoms with Crippen LogP contribution in [0.5, 0.6) is 0 Å². The second-order valence-electron chi connectivity index (χ2n) is 7.96. The highest BCUT2D eigenvalue weighted by molar-refractivity contribution is 5.72. The zero-order chi connectivity index (χ0) is 18.9. The molecule has 1 aliphatic heterocycles.